The van der Waals surface area contributed by atoms with Crippen molar-refractivity contribution in [2.45, 2.75) is 19.8 Å². The summed E-state index contributed by atoms with van der Waals surface area (Å²) in [4.78, 5) is 21.4. The van der Waals surface area contributed by atoms with Crippen LogP contribution in [0.3, 0.4) is 0 Å². The summed E-state index contributed by atoms with van der Waals surface area (Å²) in [5, 5.41) is 13.9. The third-order valence-electron chi connectivity index (χ3n) is 2.35. The van der Waals surface area contributed by atoms with Crippen molar-refractivity contribution in [3.63, 3.8) is 0 Å². The van der Waals surface area contributed by atoms with E-state index in [9.17, 15) is 14.9 Å². The van der Waals surface area contributed by atoms with E-state index in [1.807, 2.05) is 0 Å². The molecule has 0 saturated carbocycles. The number of carbonyl (C=O) groups excluding carboxylic acids is 1. The molecule has 0 spiro atoms. The summed E-state index contributed by atoms with van der Waals surface area (Å²) in [6.07, 6.45) is 0.803. The molecule has 0 atom stereocenters. The first kappa shape index (κ1) is 15.2. The first-order chi connectivity index (χ1) is 9.06. The third kappa shape index (κ3) is 4.75. The maximum atomic E-state index is 11.1. The van der Waals surface area contributed by atoms with E-state index < -0.39 is 4.92 Å². The van der Waals surface area contributed by atoms with Crippen LogP contribution in [0.25, 0.3) is 0 Å². The van der Waals surface area contributed by atoms with Crippen LogP contribution in [0.15, 0.2) is 18.2 Å². The number of ether oxygens (including phenoxy) is 1. The van der Waals surface area contributed by atoms with Crippen molar-refractivity contribution in [2.75, 3.05) is 18.5 Å². The minimum atomic E-state index is -0.532. The molecule has 0 amide bonds. The Bertz CT molecular complexity index is 465. The number of halogens is 1. The van der Waals surface area contributed by atoms with Gasteiger partial charge in [-0.3, -0.25) is 14.9 Å². The van der Waals surface area contributed by atoms with E-state index in [0.29, 0.717) is 25.3 Å². The molecule has 0 radical (unpaired) electrons. The summed E-state index contributed by atoms with van der Waals surface area (Å²) in [5.74, 6) is -0.273. The highest BCUT2D eigenvalue weighted by Gasteiger charge is 2.17. The Morgan fingerprint density at radius 2 is 2.26 bits per heavy atom. The van der Waals surface area contributed by atoms with E-state index in [0.717, 1.165) is 0 Å². The van der Waals surface area contributed by atoms with Crippen LogP contribution in [-0.4, -0.2) is 24.0 Å². The molecule has 104 valence electrons. The van der Waals surface area contributed by atoms with Crippen molar-refractivity contribution in [3.05, 3.63) is 33.3 Å². The van der Waals surface area contributed by atoms with Crippen LogP contribution < -0.4 is 5.32 Å². The highest BCUT2D eigenvalue weighted by Crippen LogP contribution is 2.32. The lowest BCUT2D eigenvalue weighted by atomic mass is 10.2. The maximum absolute atomic E-state index is 11.1. The molecule has 0 bridgehead atoms. The van der Waals surface area contributed by atoms with Crippen LogP contribution in [0.4, 0.5) is 11.4 Å². The Balaban J connectivity index is 2.52. The minimum Gasteiger partial charge on any atom is -0.466 e. The number of rotatable bonds is 7. The van der Waals surface area contributed by atoms with Gasteiger partial charge in [0, 0.05) is 13.0 Å². The number of hydrogen-bond acceptors (Lipinski definition) is 5. The van der Waals surface area contributed by atoms with Gasteiger partial charge in [-0.15, -0.1) is 0 Å². The van der Waals surface area contributed by atoms with Crippen LogP contribution in [-0.2, 0) is 9.53 Å². The molecule has 0 aliphatic rings. The van der Waals surface area contributed by atoms with Gasteiger partial charge in [0.2, 0.25) is 0 Å². The van der Waals surface area contributed by atoms with Gasteiger partial charge in [-0.1, -0.05) is 17.7 Å². The largest absolute Gasteiger partial charge is 0.466 e. The third-order valence-corrected chi connectivity index (χ3v) is 2.65. The summed E-state index contributed by atoms with van der Waals surface area (Å²) >= 11 is 5.77. The zero-order valence-electron chi connectivity index (χ0n) is 10.5. The second kappa shape index (κ2) is 7.58. The fraction of sp³-hybridized carbons (Fsp3) is 0.417. The van der Waals surface area contributed by atoms with Crippen LogP contribution >= 0.6 is 11.6 Å². The first-order valence-corrected chi connectivity index (χ1v) is 6.26. The lowest BCUT2D eigenvalue weighted by molar-refractivity contribution is -0.383. The number of nitro groups is 1. The second-order valence-corrected chi connectivity index (χ2v) is 4.14. The number of carbonyl (C=O) groups is 1. The van der Waals surface area contributed by atoms with Crippen molar-refractivity contribution < 1.29 is 14.5 Å². The zero-order chi connectivity index (χ0) is 14.3. The van der Waals surface area contributed by atoms with Gasteiger partial charge >= 0.3 is 11.7 Å². The van der Waals surface area contributed by atoms with Crippen LogP contribution in [0.2, 0.25) is 5.02 Å². The molecule has 1 aromatic carbocycles. The van der Waals surface area contributed by atoms with E-state index in [1.165, 1.54) is 6.07 Å². The molecule has 1 rings (SSSR count). The van der Waals surface area contributed by atoms with Gasteiger partial charge in [0.25, 0.3) is 0 Å². The first-order valence-electron chi connectivity index (χ1n) is 5.88. The molecule has 0 aliphatic heterocycles. The normalized spacial score (nSPS) is 10.0. The van der Waals surface area contributed by atoms with Crippen molar-refractivity contribution in [2.24, 2.45) is 0 Å². The highest BCUT2D eigenvalue weighted by molar-refractivity contribution is 6.33. The number of nitro benzene ring substituents is 1. The van der Waals surface area contributed by atoms with Gasteiger partial charge in [-0.25, -0.2) is 0 Å². The van der Waals surface area contributed by atoms with E-state index in [4.69, 9.17) is 16.3 Å². The fourth-order valence-corrected chi connectivity index (χ4v) is 1.78. The molecule has 19 heavy (non-hydrogen) atoms. The molecular formula is C12H15ClN2O4. The van der Waals surface area contributed by atoms with E-state index in [-0.39, 0.29) is 23.1 Å². The monoisotopic (exact) mass is 286 g/mol. The molecule has 0 aromatic heterocycles. The van der Waals surface area contributed by atoms with Crippen molar-refractivity contribution >= 4 is 28.9 Å². The van der Waals surface area contributed by atoms with E-state index >= 15 is 0 Å². The summed E-state index contributed by atoms with van der Waals surface area (Å²) in [6, 6.07) is 4.67. The van der Waals surface area contributed by atoms with Gasteiger partial charge in [-0.05, 0) is 25.5 Å². The molecule has 1 N–H and O–H groups in total. The highest BCUT2D eigenvalue weighted by atomic mass is 35.5. The molecule has 1 aromatic rings. The van der Waals surface area contributed by atoms with Gasteiger partial charge in [-0.2, -0.15) is 0 Å². The molecule has 0 heterocycles. The Labute approximate surface area is 115 Å². The Morgan fingerprint density at radius 1 is 1.53 bits per heavy atom. The summed E-state index contributed by atoms with van der Waals surface area (Å²) in [6.45, 7) is 2.53. The second-order valence-electron chi connectivity index (χ2n) is 3.73. The summed E-state index contributed by atoms with van der Waals surface area (Å²) < 4.78 is 4.78. The standard InChI is InChI=1S/C12H15ClN2O4/c1-2-19-11(16)7-4-8-14-10-6-3-5-9(13)12(10)15(17)18/h3,5-6,14H,2,4,7-8H2,1H3. The SMILES string of the molecule is CCOC(=O)CCCNc1cccc(Cl)c1[N+](=O)[O-]. The average Bonchev–Trinajstić information content (AvgIpc) is 2.34. The number of para-hydroxylation sites is 1. The summed E-state index contributed by atoms with van der Waals surface area (Å²) in [5.41, 5.74) is 0.196. The lowest BCUT2D eigenvalue weighted by Crippen LogP contribution is -2.09. The Morgan fingerprint density at radius 3 is 2.89 bits per heavy atom. The number of benzene rings is 1. The predicted octanol–water partition coefficient (Wildman–Crippen LogP) is 3.00. The smallest absolute Gasteiger partial charge is 0.310 e. The molecule has 6 nitrogen and oxygen atoms in total. The van der Waals surface area contributed by atoms with Crippen molar-refractivity contribution in [3.8, 4) is 0 Å². The van der Waals surface area contributed by atoms with Crippen LogP contribution in [0.5, 0.6) is 0 Å². The number of nitrogens with zero attached hydrogens (tertiary/aromatic N) is 1. The maximum Gasteiger partial charge on any atom is 0.310 e. The Hall–Kier alpha value is -1.82. The fourth-order valence-electron chi connectivity index (χ4n) is 1.53. The molecule has 0 saturated heterocycles. The molecule has 0 unspecified atom stereocenters. The van der Waals surface area contributed by atoms with Gasteiger partial charge < -0.3 is 10.1 Å². The average molecular weight is 287 g/mol. The van der Waals surface area contributed by atoms with Crippen LogP contribution in [0, 0.1) is 10.1 Å². The Kier molecular flexibility index (Phi) is 6.08. The molecule has 7 heteroatoms. The minimum absolute atomic E-state index is 0.0837. The number of hydrogen-bond donors (Lipinski definition) is 1. The summed E-state index contributed by atoms with van der Waals surface area (Å²) in [7, 11) is 0. The number of esters is 1. The van der Waals surface area contributed by atoms with Crippen molar-refractivity contribution in [1.29, 1.82) is 0 Å². The van der Waals surface area contributed by atoms with E-state index in [1.54, 1.807) is 19.1 Å². The quantitative estimate of drug-likeness (QED) is 0.361. The molecule has 0 aliphatic carbocycles. The number of anilines is 1. The molecular weight excluding hydrogens is 272 g/mol. The van der Waals surface area contributed by atoms with Gasteiger partial charge in [0.05, 0.1) is 11.5 Å². The lowest BCUT2D eigenvalue weighted by Gasteiger charge is -2.07. The molecule has 0 fully saturated rings. The topological polar surface area (TPSA) is 81.5 Å². The van der Waals surface area contributed by atoms with Crippen LogP contribution in [0.1, 0.15) is 19.8 Å². The predicted molar refractivity (Wildman–Crippen MR) is 72.5 cm³/mol. The van der Waals surface area contributed by atoms with Gasteiger partial charge in [0.1, 0.15) is 10.7 Å². The van der Waals surface area contributed by atoms with Crippen molar-refractivity contribution in [1.82, 2.24) is 0 Å². The number of nitrogens with one attached hydrogen (secondary N) is 1. The zero-order valence-corrected chi connectivity index (χ0v) is 11.3. The van der Waals surface area contributed by atoms with E-state index in [2.05, 4.69) is 5.32 Å². The van der Waals surface area contributed by atoms with Gasteiger partial charge in [0.15, 0.2) is 0 Å².